The lowest BCUT2D eigenvalue weighted by atomic mass is 9.49. The largest absolute Gasteiger partial charge is 0.511 e. The molecule has 1 saturated heterocycles. The molecule has 0 spiro atoms. The second-order valence-electron chi connectivity index (χ2n) is 30.9. The van der Waals surface area contributed by atoms with Gasteiger partial charge in [-0.1, -0.05) is 37.8 Å². The molecule has 4 fully saturated rings. The first kappa shape index (κ1) is 91.0. The van der Waals surface area contributed by atoms with E-state index in [2.05, 4.69) is 22.5 Å². The van der Waals surface area contributed by atoms with Crippen LogP contribution in [0.5, 0.6) is 0 Å². The lowest BCUT2D eigenvalue weighted by Gasteiger charge is -2.58. The summed E-state index contributed by atoms with van der Waals surface area (Å²) in [5.74, 6) is -15.0. The van der Waals surface area contributed by atoms with Crippen molar-refractivity contribution in [3.8, 4) is 0 Å². The van der Waals surface area contributed by atoms with E-state index in [1.807, 2.05) is 0 Å². The molecule has 2 heterocycles. The number of amides is 15. The lowest BCUT2D eigenvalue weighted by molar-refractivity contribution is -0.197. The standard InChI is InChI=1S/C79H101F3N14O21/c1-45(97)33-86(5)64(103)34-87(6)65(104)35-88(7)66(105)36-89(8)67(106)37-90(9)68(107)38-91(10)69(108)39-92(11)70(109)40-93(12)71(110)41-94(13)72(111)42-95(14)75(114)53-29-51(96-62(101)24-25-63(96)102)20-18-48(53)19-23-61(100)84-47(3)74(113)85-46(2)73(112)83-44-115-43-59(99)79-60(116-76(117-79)49-16-15-17-50(80)28-49)32-56-57-31-58(81)54-30-52(98)21-22-55(54)78(57,82)27-26-77(56,79)4/h15-18,20-22,24-25,28-30,46-47,55-58,60,76,97H,1,19,23,26-27,31-44H2,2-14H3,(H,83,112)(H,84,100)(H,85,113)/t46-,47-,55?,56-,57-,58-,60+,76+,77-,78-,79+/m0/s1. The van der Waals surface area contributed by atoms with E-state index in [1.165, 1.54) is 133 Å². The molecule has 0 bridgehead atoms. The number of carbonyl (C=O) groups is 17. The minimum absolute atomic E-state index is 0.0296. The number of imide groups is 1. The second kappa shape index (κ2) is 38.0. The maximum absolute atomic E-state index is 17.6. The number of Topliss-reactive ketones (excluding diaryl/α,β-unsaturated/α-hetero) is 1. The zero-order chi connectivity index (χ0) is 86.8. The van der Waals surface area contributed by atoms with Crippen molar-refractivity contribution in [3.63, 3.8) is 0 Å². The molecule has 2 aliphatic heterocycles. The van der Waals surface area contributed by atoms with Gasteiger partial charge in [0.1, 0.15) is 48.8 Å². The number of benzene rings is 2. The van der Waals surface area contributed by atoms with Crippen LogP contribution in [0.2, 0.25) is 0 Å². The van der Waals surface area contributed by atoms with Crippen LogP contribution in [0.15, 0.2) is 90.8 Å². The Bertz CT molecular complexity index is 4410. The summed E-state index contributed by atoms with van der Waals surface area (Å²) in [7, 11) is 13.0. The lowest BCUT2D eigenvalue weighted by Crippen LogP contribution is -2.63. The molecule has 634 valence electrons. The van der Waals surface area contributed by atoms with Crippen LogP contribution in [0.1, 0.15) is 80.7 Å². The van der Waals surface area contributed by atoms with Gasteiger partial charge >= 0.3 is 0 Å². The predicted molar refractivity (Wildman–Crippen MR) is 409 cm³/mol. The number of carbonyl (C=O) groups excluding carboxylic acids is 17. The molecule has 1 unspecified atom stereocenters. The van der Waals surface area contributed by atoms with Crippen molar-refractivity contribution >= 4 is 106 Å². The van der Waals surface area contributed by atoms with Gasteiger partial charge in [0.2, 0.25) is 70.9 Å². The van der Waals surface area contributed by atoms with Gasteiger partial charge < -0.3 is 84.3 Å². The number of alkyl halides is 2. The number of hydrogen-bond acceptors (Lipinski definition) is 21. The fraction of sp³-hybridized carbons (Fsp3) is 0.532. The molecule has 0 radical (unpaired) electrons. The maximum atomic E-state index is 17.6. The Labute approximate surface area is 674 Å². The summed E-state index contributed by atoms with van der Waals surface area (Å²) < 4.78 is 67.0. The quantitative estimate of drug-likeness (QED) is 0.0294. The van der Waals surface area contributed by atoms with Crippen LogP contribution >= 0.6 is 0 Å². The number of aryl methyl sites for hydroxylation is 1. The number of ether oxygens (including phenoxy) is 3. The molecule has 4 N–H and O–H groups in total. The molecule has 6 aliphatic rings. The van der Waals surface area contributed by atoms with Gasteiger partial charge in [0, 0.05) is 117 Å². The molecule has 8 rings (SSSR count). The number of rotatable bonds is 35. The highest BCUT2D eigenvalue weighted by atomic mass is 19.1. The van der Waals surface area contributed by atoms with E-state index in [1.54, 1.807) is 13.0 Å². The van der Waals surface area contributed by atoms with Gasteiger partial charge in [-0.3, -0.25) is 81.5 Å². The van der Waals surface area contributed by atoms with Crippen LogP contribution in [0, 0.1) is 29.0 Å². The molecule has 2 aromatic rings. The number of ketones is 2. The fourth-order valence-electron chi connectivity index (χ4n) is 15.3. The maximum Gasteiger partial charge on any atom is 0.258 e. The smallest absolute Gasteiger partial charge is 0.258 e. The monoisotopic (exact) mass is 1640 g/mol. The molecule has 35 nitrogen and oxygen atoms in total. The van der Waals surface area contributed by atoms with Gasteiger partial charge in [0.05, 0.1) is 77.2 Å². The van der Waals surface area contributed by atoms with E-state index in [-0.39, 0.29) is 85.3 Å². The van der Waals surface area contributed by atoms with Crippen molar-refractivity contribution in [2.75, 3.05) is 154 Å². The van der Waals surface area contributed by atoms with Crippen LogP contribution in [-0.2, 0) is 97.3 Å². The van der Waals surface area contributed by atoms with E-state index in [9.17, 15) is 91.0 Å². The van der Waals surface area contributed by atoms with E-state index in [0.29, 0.717) is 0 Å². The number of halogens is 3. The number of nitrogens with one attached hydrogen (secondary N) is 3. The summed E-state index contributed by atoms with van der Waals surface area (Å²) in [5.41, 5.74) is -4.54. The highest BCUT2D eigenvalue weighted by Gasteiger charge is 2.77. The third-order valence-corrected chi connectivity index (χ3v) is 22.4. The topological polar surface area (TPSA) is 410 Å². The van der Waals surface area contributed by atoms with Crippen molar-refractivity contribution in [3.05, 3.63) is 113 Å². The van der Waals surface area contributed by atoms with Crippen molar-refractivity contribution in [1.29, 1.82) is 0 Å². The van der Waals surface area contributed by atoms with Gasteiger partial charge in [-0.15, -0.1) is 0 Å². The summed E-state index contributed by atoms with van der Waals surface area (Å²) in [6.07, 6.45) is 1.26. The Hall–Kier alpha value is -11.5. The predicted octanol–water partition coefficient (Wildman–Crippen LogP) is -0.453. The Morgan fingerprint density at radius 2 is 1.08 bits per heavy atom. The number of anilines is 1. The van der Waals surface area contributed by atoms with Crippen molar-refractivity contribution in [2.45, 2.75) is 101 Å². The Balaban J connectivity index is 0.771. The first-order chi connectivity index (χ1) is 54.8. The van der Waals surface area contributed by atoms with Gasteiger partial charge in [0.15, 0.2) is 23.5 Å². The summed E-state index contributed by atoms with van der Waals surface area (Å²) in [4.78, 5) is 236. The van der Waals surface area contributed by atoms with Crippen LogP contribution in [0.4, 0.5) is 18.9 Å². The Morgan fingerprint density at radius 1 is 0.607 bits per heavy atom. The average molecular weight is 1640 g/mol. The van der Waals surface area contributed by atoms with E-state index >= 15 is 8.78 Å². The number of hydrogen-bond donors (Lipinski definition) is 4. The zero-order valence-electron chi connectivity index (χ0n) is 67.6. The van der Waals surface area contributed by atoms with Crippen molar-refractivity contribution in [2.24, 2.45) is 23.2 Å². The van der Waals surface area contributed by atoms with Crippen LogP contribution in [0.3, 0.4) is 0 Å². The van der Waals surface area contributed by atoms with E-state index < -0.39 is 237 Å². The molecule has 4 aliphatic carbocycles. The third-order valence-electron chi connectivity index (χ3n) is 22.4. The highest BCUT2D eigenvalue weighted by molar-refractivity contribution is 6.28. The van der Waals surface area contributed by atoms with Crippen LogP contribution < -0.4 is 20.9 Å². The van der Waals surface area contributed by atoms with E-state index in [0.717, 1.165) is 72.1 Å². The molecule has 15 amide bonds. The number of aliphatic hydroxyl groups is 1. The van der Waals surface area contributed by atoms with Gasteiger partial charge in [-0.2, -0.15) is 0 Å². The summed E-state index contributed by atoms with van der Waals surface area (Å²) in [6, 6.07) is 6.92. The van der Waals surface area contributed by atoms with Gasteiger partial charge in [0.25, 0.3) is 17.7 Å². The Morgan fingerprint density at radius 3 is 1.56 bits per heavy atom. The van der Waals surface area contributed by atoms with E-state index in [4.69, 9.17) is 14.2 Å². The summed E-state index contributed by atoms with van der Waals surface area (Å²) >= 11 is 0. The first-order valence-corrected chi connectivity index (χ1v) is 37.6. The summed E-state index contributed by atoms with van der Waals surface area (Å²) in [6.45, 7) is 1.72. The van der Waals surface area contributed by atoms with Crippen LogP contribution in [-0.4, -0.2) is 339 Å². The van der Waals surface area contributed by atoms with Crippen LogP contribution in [0.25, 0.3) is 0 Å². The number of aliphatic hydroxyl groups excluding tert-OH is 1. The molecular formula is C79H101F3N14O21. The second-order valence-corrected chi connectivity index (χ2v) is 30.9. The fourth-order valence-corrected chi connectivity index (χ4v) is 15.3. The highest BCUT2D eigenvalue weighted by Crippen LogP contribution is 2.71. The van der Waals surface area contributed by atoms with Gasteiger partial charge in [-0.05, 0) is 99.4 Å². The number of allylic oxidation sites excluding steroid dienone is 4. The molecule has 3 saturated carbocycles. The Kier molecular flexibility index (Phi) is 29.6. The van der Waals surface area contributed by atoms with Crippen molar-refractivity contribution in [1.82, 2.24) is 64.9 Å². The number of likely N-dealkylation sites (N-methyl/N-ethyl adjacent to an activating group) is 10. The average Bonchev–Trinajstić information content (AvgIpc) is 1.50. The summed E-state index contributed by atoms with van der Waals surface area (Å²) in [5, 5.41) is 16.9. The molecular weight excluding hydrogens is 1540 g/mol. The SMILES string of the molecule is C=C(O)CN(C)C(=O)CN(C)C(=O)CN(C)C(=O)CN(C)C(=O)CN(C)C(=O)CN(C)C(=O)CN(C)C(=O)CN(C)C(=O)CN(C)C(=O)CN(C)C(=O)c1cc(N2C(=O)C=CC2=O)ccc1CCC(=O)N[C@@H](C)C(=O)N[C@@H](C)C(=O)NCOCC(=O)[C@@]12O[C@H](c3cccc(F)c3)O[C@@H]1C[C@H]1[C@@H]3C[C@H](F)C4=CC(=O)C=CC4[C@@]3(F)CC[C@@]12C. The minimum atomic E-state index is -1.96. The molecule has 2 aromatic carbocycles. The zero-order valence-corrected chi connectivity index (χ0v) is 67.6. The van der Waals surface area contributed by atoms with Crippen molar-refractivity contribution < 1.29 is 114 Å². The minimum Gasteiger partial charge on any atom is -0.511 e. The molecule has 11 atom stereocenters. The number of nitrogens with zero attached hydrogens (tertiary/aromatic N) is 11. The van der Waals surface area contributed by atoms with Gasteiger partial charge in [-0.25, -0.2) is 18.1 Å². The molecule has 38 heteroatoms. The molecule has 0 aromatic heterocycles. The molecule has 117 heavy (non-hydrogen) atoms. The first-order valence-electron chi connectivity index (χ1n) is 37.6. The third kappa shape index (κ3) is 21.0. The normalized spacial score (nSPS) is 22.4. The number of fused-ring (bicyclic) bond motifs is 7.